The van der Waals surface area contributed by atoms with E-state index < -0.39 is 6.10 Å². The van der Waals surface area contributed by atoms with Gasteiger partial charge in [-0.05, 0) is 74.7 Å². The van der Waals surface area contributed by atoms with Gasteiger partial charge in [0.05, 0.1) is 0 Å². The van der Waals surface area contributed by atoms with Crippen LogP contribution in [0.1, 0.15) is 58.8 Å². The Labute approximate surface area is 143 Å². The molecule has 7 atom stereocenters. The Morgan fingerprint density at radius 3 is 2.79 bits per heavy atom. The molecular weight excluding hydrogens is 304 g/mol. The maximum Gasteiger partial charge on any atom is 0.302 e. The summed E-state index contributed by atoms with van der Waals surface area (Å²) in [6.45, 7) is 3.83. The molecule has 1 N–H and O–H groups in total. The van der Waals surface area contributed by atoms with Crippen LogP contribution in [0.2, 0.25) is 0 Å². The zero-order chi connectivity index (χ0) is 17.1. The lowest BCUT2D eigenvalue weighted by atomic mass is 9.52. The summed E-state index contributed by atoms with van der Waals surface area (Å²) >= 11 is 0. The number of carbonyl (C=O) groups is 2. The fraction of sp³-hybridized carbons (Fsp3) is 0.800. The van der Waals surface area contributed by atoms with Crippen LogP contribution in [0.5, 0.6) is 0 Å². The molecule has 132 valence electrons. The van der Waals surface area contributed by atoms with E-state index in [-0.39, 0.29) is 23.3 Å². The Morgan fingerprint density at radius 1 is 1.25 bits per heavy atom. The van der Waals surface area contributed by atoms with Gasteiger partial charge in [-0.2, -0.15) is 0 Å². The van der Waals surface area contributed by atoms with Crippen molar-refractivity contribution in [3.05, 3.63) is 11.6 Å². The number of esters is 1. The van der Waals surface area contributed by atoms with Crippen molar-refractivity contribution in [3.63, 3.8) is 0 Å². The summed E-state index contributed by atoms with van der Waals surface area (Å²) in [5.74, 6) is 1.96. The normalized spacial score (nSPS) is 47.3. The fourth-order valence-electron chi connectivity index (χ4n) is 6.51. The summed E-state index contributed by atoms with van der Waals surface area (Å²) in [5, 5.41) is 10.0. The van der Waals surface area contributed by atoms with E-state index in [1.807, 2.05) is 0 Å². The predicted molar refractivity (Wildman–Crippen MR) is 89.0 cm³/mol. The van der Waals surface area contributed by atoms with Gasteiger partial charge in [-0.3, -0.25) is 9.59 Å². The Hall–Kier alpha value is -1.16. The smallest absolute Gasteiger partial charge is 0.302 e. The van der Waals surface area contributed by atoms with Crippen molar-refractivity contribution in [1.29, 1.82) is 0 Å². The first-order valence-corrected chi connectivity index (χ1v) is 9.49. The van der Waals surface area contributed by atoms with Crippen LogP contribution in [0.15, 0.2) is 11.6 Å². The number of carbonyl (C=O) groups excluding carboxylic acids is 2. The van der Waals surface area contributed by atoms with Gasteiger partial charge >= 0.3 is 5.97 Å². The van der Waals surface area contributed by atoms with Crippen molar-refractivity contribution in [1.82, 2.24) is 0 Å². The second kappa shape index (κ2) is 5.69. The highest BCUT2D eigenvalue weighted by Crippen LogP contribution is 2.62. The molecule has 4 aliphatic carbocycles. The van der Waals surface area contributed by atoms with Crippen molar-refractivity contribution in [3.8, 4) is 0 Å². The number of aliphatic hydroxyl groups is 1. The van der Waals surface area contributed by atoms with Crippen molar-refractivity contribution in [2.75, 3.05) is 0 Å². The van der Waals surface area contributed by atoms with Gasteiger partial charge in [0.1, 0.15) is 12.2 Å². The van der Waals surface area contributed by atoms with E-state index in [1.54, 1.807) is 6.08 Å². The maximum absolute atomic E-state index is 11.8. The highest BCUT2D eigenvalue weighted by molar-refractivity contribution is 5.95. The van der Waals surface area contributed by atoms with Crippen LogP contribution in [0.4, 0.5) is 0 Å². The quantitative estimate of drug-likeness (QED) is 0.750. The highest BCUT2D eigenvalue weighted by atomic mass is 16.5. The van der Waals surface area contributed by atoms with Gasteiger partial charge in [0.25, 0.3) is 0 Å². The van der Waals surface area contributed by atoms with E-state index in [9.17, 15) is 14.7 Å². The average Bonchev–Trinajstić information content (AvgIpc) is 2.85. The van der Waals surface area contributed by atoms with E-state index in [4.69, 9.17) is 4.74 Å². The Kier molecular flexibility index (Phi) is 3.87. The standard InChI is InChI=1S/C20H28O4/c1-11(21)24-19-6-5-16-14-4-3-12-9-17(22)18(23)10-15(12)13(14)7-8-20(16,19)2/h9,13-16,18-19,23H,3-8,10H2,1-2H3. The molecule has 0 aromatic heterocycles. The van der Waals surface area contributed by atoms with Gasteiger partial charge < -0.3 is 9.84 Å². The van der Waals surface area contributed by atoms with Crippen molar-refractivity contribution in [2.24, 2.45) is 29.1 Å². The summed E-state index contributed by atoms with van der Waals surface area (Å²) < 4.78 is 5.67. The molecule has 4 nitrogen and oxygen atoms in total. The van der Waals surface area contributed by atoms with E-state index in [0.29, 0.717) is 30.1 Å². The molecule has 4 rings (SSSR count). The lowest BCUT2D eigenvalue weighted by Gasteiger charge is -2.53. The molecule has 3 saturated carbocycles. The molecule has 7 unspecified atom stereocenters. The molecule has 0 heterocycles. The van der Waals surface area contributed by atoms with Crippen molar-refractivity contribution in [2.45, 2.75) is 71.0 Å². The van der Waals surface area contributed by atoms with Gasteiger partial charge in [-0.1, -0.05) is 12.5 Å². The number of ether oxygens (including phenoxy) is 1. The van der Waals surface area contributed by atoms with Crippen LogP contribution >= 0.6 is 0 Å². The van der Waals surface area contributed by atoms with Gasteiger partial charge in [0.15, 0.2) is 5.78 Å². The minimum atomic E-state index is -0.803. The zero-order valence-corrected chi connectivity index (χ0v) is 14.7. The molecule has 0 amide bonds. The van der Waals surface area contributed by atoms with E-state index in [1.165, 1.54) is 12.5 Å². The third-order valence-electron chi connectivity index (χ3n) is 7.61. The lowest BCUT2D eigenvalue weighted by molar-refractivity contribution is -0.156. The molecule has 0 saturated heterocycles. The summed E-state index contributed by atoms with van der Waals surface area (Å²) in [5.41, 5.74) is 1.39. The first-order valence-electron chi connectivity index (χ1n) is 9.49. The van der Waals surface area contributed by atoms with Gasteiger partial charge in [0, 0.05) is 12.3 Å². The summed E-state index contributed by atoms with van der Waals surface area (Å²) in [7, 11) is 0. The van der Waals surface area contributed by atoms with E-state index in [0.717, 1.165) is 38.5 Å². The van der Waals surface area contributed by atoms with Crippen LogP contribution in [0.25, 0.3) is 0 Å². The number of aliphatic hydroxyl groups excluding tert-OH is 1. The van der Waals surface area contributed by atoms with Crippen LogP contribution in [-0.4, -0.2) is 29.1 Å². The number of allylic oxidation sites excluding steroid dienone is 1. The molecule has 4 aliphatic rings. The van der Waals surface area contributed by atoms with Crippen LogP contribution in [-0.2, 0) is 14.3 Å². The summed E-state index contributed by atoms with van der Waals surface area (Å²) in [6.07, 6.45) is 8.09. The third-order valence-corrected chi connectivity index (χ3v) is 7.61. The summed E-state index contributed by atoms with van der Waals surface area (Å²) in [6, 6.07) is 0. The van der Waals surface area contributed by atoms with Crippen LogP contribution in [0.3, 0.4) is 0 Å². The molecule has 3 fully saturated rings. The molecule has 0 bridgehead atoms. The molecule has 0 aromatic rings. The van der Waals surface area contributed by atoms with Crippen molar-refractivity contribution >= 4 is 11.8 Å². The molecule has 0 radical (unpaired) electrons. The molecule has 0 spiro atoms. The van der Waals surface area contributed by atoms with Gasteiger partial charge in [0.2, 0.25) is 0 Å². The first-order chi connectivity index (χ1) is 11.4. The number of fused-ring (bicyclic) bond motifs is 5. The molecule has 4 heteroatoms. The Morgan fingerprint density at radius 2 is 2.04 bits per heavy atom. The molecule has 24 heavy (non-hydrogen) atoms. The monoisotopic (exact) mass is 332 g/mol. The predicted octanol–water partition coefficient (Wildman–Crippen LogP) is 3.03. The highest BCUT2D eigenvalue weighted by Gasteiger charge is 2.57. The van der Waals surface area contributed by atoms with Crippen molar-refractivity contribution < 1.29 is 19.4 Å². The first kappa shape index (κ1) is 16.3. The topological polar surface area (TPSA) is 63.6 Å². The number of hydrogen-bond donors (Lipinski definition) is 1. The van der Waals surface area contributed by atoms with E-state index in [2.05, 4.69) is 6.92 Å². The van der Waals surface area contributed by atoms with E-state index >= 15 is 0 Å². The van der Waals surface area contributed by atoms with Crippen LogP contribution < -0.4 is 0 Å². The Bertz CT molecular complexity index is 594. The largest absolute Gasteiger partial charge is 0.462 e. The zero-order valence-electron chi connectivity index (χ0n) is 14.7. The SMILES string of the molecule is CC(=O)OC1CCC2C3CCC4=CC(=O)C(O)CC4C3CCC12C. The Balaban J connectivity index is 1.58. The number of rotatable bonds is 1. The fourth-order valence-corrected chi connectivity index (χ4v) is 6.51. The minimum absolute atomic E-state index is 0.0661. The lowest BCUT2D eigenvalue weighted by Crippen LogP contribution is -2.49. The minimum Gasteiger partial charge on any atom is -0.462 e. The molecule has 0 aliphatic heterocycles. The van der Waals surface area contributed by atoms with Crippen LogP contribution in [0, 0.1) is 29.1 Å². The summed E-state index contributed by atoms with van der Waals surface area (Å²) in [4.78, 5) is 23.3. The second-order valence-corrected chi connectivity index (χ2v) is 8.67. The third kappa shape index (κ3) is 2.37. The molecule has 0 aromatic carbocycles. The average molecular weight is 332 g/mol. The number of ketones is 1. The maximum atomic E-state index is 11.8. The number of hydrogen-bond acceptors (Lipinski definition) is 4. The van der Waals surface area contributed by atoms with Gasteiger partial charge in [-0.15, -0.1) is 0 Å². The van der Waals surface area contributed by atoms with Gasteiger partial charge in [-0.25, -0.2) is 0 Å². The molecular formula is C20H28O4. The second-order valence-electron chi connectivity index (χ2n) is 8.67.